The third kappa shape index (κ3) is 2.82. The van der Waals surface area contributed by atoms with Crippen LogP contribution in [0.15, 0.2) is 48.5 Å². The molecule has 1 fully saturated rings. The Balaban J connectivity index is 1.32. The van der Waals surface area contributed by atoms with Crippen molar-refractivity contribution in [2.24, 2.45) is 0 Å². The fourth-order valence-electron chi connectivity index (χ4n) is 5.02. The quantitative estimate of drug-likeness (QED) is 0.792. The van der Waals surface area contributed by atoms with Crippen LogP contribution in [0, 0.1) is 0 Å². The third-order valence-corrected chi connectivity index (χ3v) is 6.43. The van der Waals surface area contributed by atoms with Gasteiger partial charge in [-0.3, -0.25) is 14.5 Å². The van der Waals surface area contributed by atoms with Gasteiger partial charge in [-0.2, -0.15) is 0 Å². The zero-order valence-electron chi connectivity index (χ0n) is 16.1. The fourth-order valence-corrected chi connectivity index (χ4v) is 5.02. The molecule has 4 amide bonds. The SMILES string of the molecule is O=C(CN1C(=O)N[C@]2(CCc3ccccc32)C1=O)N[C@@H]1CCCc2ccccc21. The summed E-state index contributed by atoms with van der Waals surface area (Å²) in [6.45, 7) is -0.257. The van der Waals surface area contributed by atoms with Crippen molar-refractivity contribution < 1.29 is 14.4 Å². The van der Waals surface area contributed by atoms with Gasteiger partial charge in [-0.1, -0.05) is 48.5 Å². The summed E-state index contributed by atoms with van der Waals surface area (Å²) in [6.07, 6.45) is 4.15. The van der Waals surface area contributed by atoms with E-state index in [0.29, 0.717) is 6.42 Å². The monoisotopic (exact) mass is 389 g/mol. The number of urea groups is 1. The number of fused-ring (bicyclic) bond motifs is 3. The lowest BCUT2D eigenvalue weighted by Gasteiger charge is -2.27. The van der Waals surface area contributed by atoms with Crippen molar-refractivity contribution in [1.29, 1.82) is 0 Å². The molecule has 2 aliphatic carbocycles. The van der Waals surface area contributed by atoms with Gasteiger partial charge in [0.1, 0.15) is 12.1 Å². The molecule has 0 radical (unpaired) electrons. The number of imide groups is 1. The molecule has 0 unspecified atom stereocenters. The number of aryl methyl sites for hydroxylation is 2. The summed E-state index contributed by atoms with van der Waals surface area (Å²) >= 11 is 0. The molecule has 5 rings (SSSR count). The predicted molar refractivity (Wildman–Crippen MR) is 107 cm³/mol. The molecule has 29 heavy (non-hydrogen) atoms. The lowest BCUT2D eigenvalue weighted by molar-refractivity contribution is -0.135. The first-order valence-electron chi connectivity index (χ1n) is 10.2. The van der Waals surface area contributed by atoms with E-state index in [4.69, 9.17) is 0 Å². The minimum atomic E-state index is -1.02. The zero-order chi connectivity index (χ0) is 20.0. The van der Waals surface area contributed by atoms with E-state index in [1.165, 1.54) is 5.56 Å². The number of carbonyl (C=O) groups is 3. The summed E-state index contributed by atoms with van der Waals surface area (Å²) in [4.78, 5) is 39.6. The molecule has 1 heterocycles. The summed E-state index contributed by atoms with van der Waals surface area (Å²) < 4.78 is 0. The first-order valence-corrected chi connectivity index (χ1v) is 10.2. The Bertz CT molecular complexity index is 1020. The number of carbonyl (C=O) groups excluding carboxylic acids is 3. The van der Waals surface area contributed by atoms with E-state index in [1.54, 1.807) is 0 Å². The molecule has 0 aromatic heterocycles. The Hall–Kier alpha value is -3.15. The molecule has 2 N–H and O–H groups in total. The Kier molecular flexibility index (Phi) is 4.15. The predicted octanol–water partition coefficient (Wildman–Crippen LogP) is 2.57. The highest BCUT2D eigenvalue weighted by Crippen LogP contribution is 2.41. The number of hydrogen-bond acceptors (Lipinski definition) is 3. The number of benzene rings is 2. The van der Waals surface area contributed by atoms with E-state index < -0.39 is 11.6 Å². The smallest absolute Gasteiger partial charge is 0.325 e. The third-order valence-electron chi connectivity index (χ3n) is 6.43. The Morgan fingerprint density at radius 2 is 1.83 bits per heavy atom. The molecular formula is C23H23N3O3. The van der Waals surface area contributed by atoms with Crippen LogP contribution in [-0.2, 0) is 28.0 Å². The van der Waals surface area contributed by atoms with E-state index in [9.17, 15) is 14.4 Å². The number of amides is 4. The fraction of sp³-hybridized carbons (Fsp3) is 0.348. The van der Waals surface area contributed by atoms with Crippen LogP contribution in [-0.4, -0.2) is 29.3 Å². The zero-order valence-corrected chi connectivity index (χ0v) is 16.1. The first-order chi connectivity index (χ1) is 14.1. The molecule has 148 valence electrons. The van der Waals surface area contributed by atoms with Crippen molar-refractivity contribution in [3.8, 4) is 0 Å². The molecule has 2 aromatic rings. The van der Waals surface area contributed by atoms with Gasteiger partial charge < -0.3 is 10.6 Å². The molecular weight excluding hydrogens is 366 g/mol. The van der Waals surface area contributed by atoms with Crippen LogP contribution in [0.3, 0.4) is 0 Å². The lowest BCUT2D eigenvalue weighted by Crippen LogP contribution is -2.44. The highest BCUT2D eigenvalue weighted by atomic mass is 16.2. The summed E-state index contributed by atoms with van der Waals surface area (Å²) in [7, 11) is 0. The Morgan fingerprint density at radius 1 is 1.07 bits per heavy atom. The summed E-state index contributed by atoms with van der Waals surface area (Å²) in [5.74, 6) is -0.634. The molecule has 0 bridgehead atoms. The number of nitrogens with zero attached hydrogens (tertiary/aromatic N) is 1. The second kappa shape index (κ2) is 6.72. The maximum atomic E-state index is 13.2. The maximum Gasteiger partial charge on any atom is 0.325 e. The van der Waals surface area contributed by atoms with Crippen LogP contribution in [0.1, 0.15) is 47.6 Å². The summed E-state index contributed by atoms with van der Waals surface area (Å²) in [6, 6.07) is 15.2. The van der Waals surface area contributed by atoms with Crippen molar-refractivity contribution >= 4 is 17.8 Å². The molecule has 2 aromatic carbocycles. The maximum absolute atomic E-state index is 13.2. The van der Waals surface area contributed by atoms with Gasteiger partial charge in [-0.15, -0.1) is 0 Å². The van der Waals surface area contributed by atoms with Gasteiger partial charge in [0.25, 0.3) is 5.91 Å². The highest BCUT2D eigenvalue weighted by Gasteiger charge is 2.55. The molecule has 1 saturated heterocycles. The van der Waals surface area contributed by atoms with Crippen molar-refractivity contribution in [3.63, 3.8) is 0 Å². The molecule has 3 aliphatic rings. The molecule has 6 heteroatoms. The van der Waals surface area contributed by atoms with Crippen LogP contribution in [0.5, 0.6) is 0 Å². The average molecular weight is 389 g/mol. The van der Waals surface area contributed by atoms with E-state index in [0.717, 1.165) is 47.3 Å². The van der Waals surface area contributed by atoms with Crippen LogP contribution in [0.2, 0.25) is 0 Å². The van der Waals surface area contributed by atoms with Crippen molar-refractivity contribution in [3.05, 3.63) is 70.8 Å². The van der Waals surface area contributed by atoms with E-state index in [-0.39, 0.29) is 24.4 Å². The topological polar surface area (TPSA) is 78.5 Å². The number of rotatable bonds is 3. The minimum Gasteiger partial charge on any atom is -0.348 e. The molecule has 2 atom stereocenters. The Labute approximate surface area is 169 Å². The van der Waals surface area contributed by atoms with E-state index in [1.807, 2.05) is 42.5 Å². The minimum absolute atomic E-state index is 0.0746. The van der Waals surface area contributed by atoms with Gasteiger partial charge in [0.05, 0.1) is 6.04 Å². The first kappa shape index (κ1) is 17.9. The molecule has 1 aliphatic heterocycles. The van der Waals surface area contributed by atoms with E-state index in [2.05, 4.69) is 16.7 Å². The number of hydrogen-bond donors (Lipinski definition) is 2. The van der Waals surface area contributed by atoms with Crippen LogP contribution in [0.25, 0.3) is 0 Å². The average Bonchev–Trinajstić information content (AvgIpc) is 3.22. The normalized spacial score (nSPS) is 25.0. The second-order valence-corrected chi connectivity index (χ2v) is 8.10. The summed E-state index contributed by atoms with van der Waals surface area (Å²) in [5, 5.41) is 5.90. The van der Waals surface area contributed by atoms with Gasteiger partial charge >= 0.3 is 6.03 Å². The highest BCUT2D eigenvalue weighted by molar-refractivity contribution is 6.09. The van der Waals surface area contributed by atoms with Crippen molar-refractivity contribution in [2.45, 2.75) is 43.7 Å². The van der Waals surface area contributed by atoms with E-state index >= 15 is 0 Å². The van der Waals surface area contributed by atoms with Crippen LogP contribution >= 0.6 is 0 Å². The van der Waals surface area contributed by atoms with Crippen LogP contribution < -0.4 is 10.6 Å². The van der Waals surface area contributed by atoms with Crippen molar-refractivity contribution in [1.82, 2.24) is 15.5 Å². The molecule has 6 nitrogen and oxygen atoms in total. The van der Waals surface area contributed by atoms with Gasteiger partial charge in [0.15, 0.2) is 0 Å². The van der Waals surface area contributed by atoms with Gasteiger partial charge in [-0.05, 0) is 54.4 Å². The largest absolute Gasteiger partial charge is 0.348 e. The number of nitrogens with one attached hydrogen (secondary N) is 2. The van der Waals surface area contributed by atoms with Crippen LogP contribution in [0.4, 0.5) is 4.79 Å². The second-order valence-electron chi connectivity index (χ2n) is 8.10. The van der Waals surface area contributed by atoms with Crippen molar-refractivity contribution in [2.75, 3.05) is 6.54 Å². The lowest BCUT2D eigenvalue weighted by atomic mass is 9.88. The standard InChI is InChI=1S/C23H23N3O3/c27-20(24-19-11-5-8-15-6-1-3-9-17(15)19)14-26-21(28)23(25-22(26)29)13-12-16-7-2-4-10-18(16)23/h1-4,6-7,9-10,19H,5,8,11-14H2,(H,24,27)(H,25,29)/t19-,23+/m1/s1. The van der Waals surface area contributed by atoms with Gasteiger partial charge in [0, 0.05) is 0 Å². The van der Waals surface area contributed by atoms with Gasteiger partial charge in [0.2, 0.25) is 5.91 Å². The van der Waals surface area contributed by atoms with Gasteiger partial charge in [-0.25, -0.2) is 4.79 Å². The Morgan fingerprint density at radius 3 is 2.69 bits per heavy atom. The molecule has 1 spiro atoms. The summed E-state index contributed by atoms with van der Waals surface area (Å²) in [5.41, 5.74) is 3.28. The molecule has 0 saturated carbocycles.